The fraction of sp³-hybridized carbons (Fsp3) is 1.00. The van der Waals surface area contributed by atoms with E-state index < -0.39 is 0 Å². The molecule has 1 rings (SSSR count). The van der Waals surface area contributed by atoms with Crippen LogP contribution in [0.3, 0.4) is 0 Å². The van der Waals surface area contributed by atoms with Crippen LogP contribution < -0.4 is 5.32 Å². The van der Waals surface area contributed by atoms with E-state index in [0.29, 0.717) is 13.2 Å². The van der Waals surface area contributed by atoms with Crippen molar-refractivity contribution in [1.82, 2.24) is 5.32 Å². The first-order chi connectivity index (χ1) is 6.73. The Morgan fingerprint density at radius 1 is 1.57 bits per heavy atom. The smallest absolute Gasteiger partial charge is 0.116 e. The quantitative estimate of drug-likeness (QED) is 0.703. The zero-order valence-electron chi connectivity index (χ0n) is 9.34. The topological polar surface area (TPSA) is 39.7 Å². The van der Waals surface area contributed by atoms with Crippen molar-refractivity contribution < 1.29 is 14.2 Å². The number of hydrogen-bond donors (Lipinski definition) is 1. The molecule has 1 aliphatic heterocycles. The summed E-state index contributed by atoms with van der Waals surface area (Å²) in [6, 6.07) is 0. The predicted octanol–water partition coefficient (Wildman–Crippen LogP) is 0.416. The average molecular weight is 203 g/mol. The molecule has 0 aromatic rings. The number of ether oxygens (including phenoxy) is 3. The van der Waals surface area contributed by atoms with Gasteiger partial charge >= 0.3 is 0 Å². The van der Waals surface area contributed by atoms with E-state index in [0.717, 1.165) is 19.7 Å². The van der Waals surface area contributed by atoms with Crippen LogP contribution in [0.2, 0.25) is 0 Å². The molecule has 0 radical (unpaired) electrons. The van der Waals surface area contributed by atoms with E-state index in [-0.39, 0.29) is 11.7 Å². The molecule has 0 aliphatic carbocycles. The lowest BCUT2D eigenvalue weighted by Gasteiger charge is -2.38. The van der Waals surface area contributed by atoms with Gasteiger partial charge in [-0.2, -0.15) is 0 Å². The zero-order valence-corrected chi connectivity index (χ0v) is 9.34. The van der Waals surface area contributed by atoms with Crippen molar-refractivity contribution in [3.05, 3.63) is 0 Å². The molecular weight excluding hydrogens is 182 g/mol. The van der Waals surface area contributed by atoms with Gasteiger partial charge in [0.15, 0.2) is 0 Å². The fourth-order valence-electron chi connectivity index (χ4n) is 1.80. The minimum Gasteiger partial charge on any atom is -0.382 e. The molecule has 14 heavy (non-hydrogen) atoms. The maximum Gasteiger partial charge on any atom is 0.116 e. The molecule has 0 amide bonds. The van der Waals surface area contributed by atoms with E-state index >= 15 is 0 Å². The van der Waals surface area contributed by atoms with Crippen molar-refractivity contribution in [2.45, 2.75) is 25.6 Å². The molecule has 4 heteroatoms. The summed E-state index contributed by atoms with van der Waals surface area (Å²) in [6.07, 6.45) is 0.0798. The standard InChI is InChI=1S/C10H21NO3/c1-4-14-10(2,8-12-3)9-7-11-5-6-13-9/h9,11H,4-8H2,1-3H3. The van der Waals surface area contributed by atoms with Crippen LogP contribution in [-0.2, 0) is 14.2 Å². The molecule has 1 aliphatic rings. The molecule has 1 saturated heterocycles. The van der Waals surface area contributed by atoms with Gasteiger partial charge in [0.2, 0.25) is 0 Å². The van der Waals surface area contributed by atoms with Gasteiger partial charge in [0.25, 0.3) is 0 Å². The summed E-state index contributed by atoms with van der Waals surface area (Å²) in [5.41, 5.74) is -0.336. The van der Waals surface area contributed by atoms with Gasteiger partial charge in [-0.1, -0.05) is 0 Å². The third kappa shape index (κ3) is 2.92. The third-order valence-electron chi connectivity index (χ3n) is 2.51. The van der Waals surface area contributed by atoms with Crippen LogP contribution in [0.15, 0.2) is 0 Å². The molecule has 1 heterocycles. The van der Waals surface area contributed by atoms with Gasteiger partial charge in [0.05, 0.1) is 13.2 Å². The number of nitrogens with one attached hydrogen (secondary N) is 1. The molecule has 0 spiro atoms. The van der Waals surface area contributed by atoms with Crippen molar-refractivity contribution >= 4 is 0 Å². The van der Waals surface area contributed by atoms with E-state index in [1.54, 1.807) is 7.11 Å². The Hall–Kier alpha value is -0.160. The Morgan fingerprint density at radius 3 is 2.86 bits per heavy atom. The summed E-state index contributed by atoms with van der Waals surface area (Å²) in [5.74, 6) is 0. The summed E-state index contributed by atoms with van der Waals surface area (Å²) in [6.45, 7) is 7.78. The molecule has 2 unspecified atom stereocenters. The van der Waals surface area contributed by atoms with Gasteiger partial charge in [0.1, 0.15) is 11.7 Å². The van der Waals surface area contributed by atoms with E-state index in [2.05, 4.69) is 5.32 Å². The lowest BCUT2D eigenvalue weighted by molar-refractivity contribution is -0.165. The first-order valence-corrected chi connectivity index (χ1v) is 5.18. The molecule has 1 N–H and O–H groups in total. The van der Waals surface area contributed by atoms with E-state index in [1.165, 1.54) is 0 Å². The van der Waals surface area contributed by atoms with Crippen LogP contribution in [0.1, 0.15) is 13.8 Å². The Labute approximate surface area is 85.9 Å². The largest absolute Gasteiger partial charge is 0.382 e. The van der Waals surface area contributed by atoms with Crippen LogP contribution in [0.25, 0.3) is 0 Å². The number of rotatable bonds is 5. The Morgan fingerprint density at radius 2 is 2.36 bits per heavy atom. The fourth-order valence-corrected chi connectivity index (χ4v) is 1.80. The highest BCUT2D eigenvalue weighted by atomic mass is 16.6. The van der Waals surface area contributed by atoms with Crippen LogP contribution in [0.4, 0.5) is 0 Å². The van der Waals surface area contributed by atoms with Gasteiger partial charge in [-0.05, 0) is 13.8 Å². The Kier molecular flexibility index (Phi) is 4.81. The SMILES string of the molecule is CCOC(C)(COC)C1CNCCO1. The summed E-state index contributed by atoms with van der Waals surface area (Å²) < 4.78 is 16.6. The van der Waals surface area contributed by atoms with Crippen LogP contribution >= 0.6 is 0 Å². The van der Waals surface area contributed by atoms with Crippen molar-refractivity contribution in [3.8, 4) is 0 Å². The average Bonchev–Trinajstić information content (AvgIpc) is 2.20. The van der Waals surface area contributed by atoms with Crippen molar-refractivity contribution in [1.29, 1.82) is 0 Å². The molecule has 84 valence electrons. The lowest BCUT2D eigenvalue weighted by atomic mass is 9.98. The summed E-state index contributed by atoms with van der Waals surface area (Å²) in [5, 5.41) is 3.30. The minimum absolute atomic E-state index is 0.0798. The molecule has 0 aromatic heterocycles. The van der Waals surface area contributed by atoms with Gasteiger partial charge < -0.3 is 19.5 Å². The highest BCUT2D eigenvalue weighted by Crippen LogP contribution is 2.20. The second kappa shape index (κ2) is 5.66. The molecule has 0 saturated carbocycles. The molecule has 4 nitrogen and oxygen atoms in total. The number of morpholine rings is 1. The van der Waals surface area contributed by atoms with Crippen LogP contribution in [0, 0.1) is 0 Å². The highest BCUT2D eigenvalue weighted by molar-refractivity contribution is 4.88. The predicted molar refractivity (Wildman–Crippen MR) is 54.5 cm³/mol. The first-order valence-electron chi connectivity index (χ1n) is 5.18. The van der Waals surface area contributed by atoms with Crippen molar-refractivity contribution in [2.24, 2.45) is 0 Å². The summed E-state index contributed by atoms with van der Waals surface area (Å²) in [4.78, 5) is 0. The normalized spacial score (nSPS) is 27.2. The minimum atomic E-state index is -0.336. The maximum absolute atomic E-state index is 5.72. The summed E-state index contributed by atoms with van der Waals surface area (Å²) >= 11 is 0. The van der Waals surface area contributed by atoms with E-state index in [4.69, 9.17) is 14.2 Å². The van der Waals surface area contributed by atoms with E-state index in [1.807, 2.05) is 13.8 Å². The Bertz CT molecular complexity index is 151. The van der Waals surface area contributed by atoms with Crippen molar-refractivity contribution in [2.75, 3.05) is 40.0 Å². The second-order valence-electron chi connectivity index (χ2n) is 3.74. The van der Waals surface area contributed by atoms with Gasteiger partial charge in [0, 0.05) is 26.8 Å². The third-order valence-corrected chi connectivity index (χ3v) is 2.51. The second-order valence-corrected chi connectivity index (χ2v) is 3.74. The van der Waals surface area contributed by atoms with Gasteiger partial charge in [-0.15, -0.1) is 0 Å². The van der Waals surface area contributed by atoms with Crippen LogP contribution in [0.5, 0.6) is 0 Å². The first kappa shape index (κ1) is 11.9. The monoisotopic (exact) mass is 203 g/mol. The van der Waals surface area contributed by atoms with E-state index in [9.17, 15) is 0 Å². The lowest BCUT2D eigenvalue weighted by Crippen LogP contribution is -2.55. The van der Waals surface area contributed by atoms with Gasteiger partial charge in [-0.3, -0.25) is 0 Å². The molecular formula is C10H21NO3. The number of hydrogen-bond acceptors (Lipinski definition) is 4. The Balaban J connectivity index is 2.54. The molecule has 0 bridgehead atoms. The van der Waals surface area contributed by atoms with Crippen molar-refractivity contribution in [3.63, 3.8) is 0 Å². The molecule has 1 fully saturated rings. The molecule has 2 atom stereocenters. The van der Waals surface area contributed by atoms with Gasteiger partial charge in [-0.25, -0.2) is 0 Å². The summed E-state index contributed by atoms with van der Waals surface area (Å²) in [7, 11) is 1.69. The number of methoxy groups -OCH3 is 1. The molecule has 0 aromatic carbocycles. The zero-order chi connectivity index (χ0) is 10.4. The maximum atomic E-state index is 5.72. The van der Waals surface area contributed by atoms with Crippen LogP contribution in [-0.4, -0.2) is 51.7 Å². The highest BCUT2D eigenvalue weighted by Gasteiger charge is 2.37.